The van der Waals surface area contributed by atoms with Crippen LogP contribution in [0.25, 0.3) is 27.8 Å². The van der Waals surface area contributed by atoms with Gasteiger partial charge >= 0.3 is 0 Å². The zero-order valence-corrected chi connectivity index (χ0v) is 25.0. The van der Waals surface area contributed by atoms with Crippen LogP contribution >= 0.6 is 0 Å². The summed E-state index contributed by atoms with van der Waals surface area (Å²) in [5.41, 5.74) is 3.37. The Bertz CT molecular complexity index is 1970. The van der Waals surface area contributed by atoms with Gasteiger partial charge in [-0.25, -0.2) is 24.3 Å². The van der Waals surface area contributed by atoms with Crippen LogP contribution in [0.4, 0.5) is 16.0 Å². The van der Waals surface area contributed by atoms with E-state index in [1.54, 1.807) is 38.4 Å². The van der Waals surface area contributed by atoms with Crippen molar-refractivity contribution in [3.63, 3.8) is 0 Å². The van der Waals surface area contributed by atoms with Crippen molar-refractivity contribution in [3.8, 4) is 23.1 Å². The number of likely N-dealkylation sites (N-methyl/N-ethyl adjacent to an activating group) is 1. The van der Waals surface area contributed by atoms with Crippen LogP contribution in [-0.2, 0) is 16.1 Å². The van der Waals surface area contributed by atoms with Crippen molar-refractivity contribution in [1.29, 1.82) is 0 Å². The SMILES string of the molecule is CC#Cc1ncc2c(N3C[C@@H]4C[C@H]3C(=O)N(C)C[C@H](OC)Cn3c(C)nc5cc(F)cc(c53)-c3cccc(n3)N4)nccn12. The van der Waals surface area contributed by atoms with Crippen LogP contribution in [0, 0.1) is 24.6 Å². The Morgan fingerprint density at radius 3 is 2.82 bits per heavy atom. The molecule has 4 aromatic heterocycles. The van der Waals surface area contributed by atoms with Gasteiger partial charge < -0.3 is 24.4 Å². The fraction of sp³-hybridized carbons (Fsp3) is 0.344. The monoisotopic (exact) mass is 593 g/mol. The van der Waals surface area contributed by atoms with E-state index in [4.69, 9.17) is 14.7 Å². The first-order valence-corrected chi connectivity index (χ1v) is 14.5. The van der Waals surface area contributed by atoms with E-state index in [0.29, 0.717) is 60.3 Å². The fourth-order valence-corrected chi connectivity index (χ4v) is 6.45. The fourth-order valence-electron chi connectivity index (χ4n) is 6.45. The molecule has 0 radical (unpaired) electrons. The Balaban J connectivity index is 1.35. The van der Waals surface area contributed by atoms with Gasteiger partial charge in [-0.2, -0.15) is 0 Å². The number of fused-ring (bicyclic) bond motifs is 6. The van der Waals surface area contributed by atoms with Crippen LogP contribution in [0.15, 0.2) is 48.9 Å². The van der Waals surface area contributed by atoms with Crippen molar-refractivity contribution in [1.82, 2.24) is 33.8 Å². The van der Waals surface area contributed by atoms with Gasteiger partial charge in [-0.1, -0.05) is 12.0 Å². The summed E-state index contributed by atoms with van der Waals surface area (Å²) in [5.74, 6) is 8.13. The molecule has 2 aliphatic heterocycles. The van der Waals surface area contributed by atoms with E-state index in [2.05, 4.69) is 27.1 Å². The second kappa shape index (κ2) is 10.9. The number of hydrogen-bond donors (Lipinski definition) is 1. The highest BCUT2D eigenvalue weighted by molar-refractivity contribution is 5.92. The number of carbonyl (C=O) groups is 1. The summed E-state index contributed by atoms with van der Waals surface area (Å²) in [6.45, 7) is 4.93. The number of nitrogens with zero attached hydrogens (tertiary/aromatic N) is 8. The summed E-state index contributed by atoms with van der Waals surface area (Å²) in [5, 5.41) is 3.55. The second-order valence-corrected chi connectivity index (χ2v) is 11.3. The number of hydrogen-bond acceptors (Lipinski definition) is 8. The molecule has 5 aromatic rings. The number of ether oxygens (including phenoxy) is 1. The van der Waals surface area contributed by atoms with Gasteiger partial charge in [-0.3, -0.25) is 9.20 Å². The standard InChI is InChI=1S/C32H32FN9O2/c1-5-7-29-35-15-27-31(34-10-11-40(27)29)42-16-21-14-26(42)32(43)39(3)17-22(44-4)18-41-19(2)36-25-13-20(33)12-23(30(25)41)24-8-6-9-28(37-21)38-24/h6,8-13,15,21-22,26H,14,16-18H2,1-4H3,(H,37,38)/t21-,22-,26-/m0/s1. The van der Waals surface area contributed by atoms with E-state index < -0.39 is 6.04 Å². The summed E-state index contributed by atoms with van der Waals surface area (Å²) in [6, 6.07) is 7.99. The molecule has 6 heterocycles. The summed E-state index contributed by atoms with van der Waals surface area (Å²) in [7, 11) is 3.44. The molecule has 4 bridgehead atoms. The number of rotatable bonds is 2. The lowest BCUT2D eigenvalue weighted by atomic mass is 10.1. The quantitative estimate of drug-likeness (QED) is 0.310. The van der Waals surface area contributed by atoms with Gasteiger partial charge in [0.1, 0.15) is 29.0 Å². The zero-order valence-electron chi connectivity index (χ0n) is 25.0. The van der Waals surface area contributed by atoms with E-state index in [1.165, 1.54) is 12.1 Å². The first kappa shape index (κ1) is 27.8. The molecule has 1 fully saturated rings. The minimum atomic E-state index is -0.495. The van der Waals surface area contributed by atoms with Gasteiger partial charge in [0.2, 0.25) is 5.91 Å². The molecule has 1 aromatic carbocycles. The number of halogens is 1. The molecule has 2 aliphatic rings. The topological polar surface area (TPSA) is 106 Å². The summed E-state index contributed by atoms with van der Waals surface area (Å²) in [6.07, 6.45) is 5.46. The van der Waals surface area contributed by atoms with Crippen molar-refractivity contribution < 1.29 is 13.9 Å². The van der Waals surface area contributed by atoms with Crippen molar-refractivity contribution in [2.45, 2.75) is 45.0 Å². The van der Waals surface area contributed by atoms with Crippen molar-refractivity contribution in [2.75, 3.05) is 37.5 Å². The molecule has 7 rings (SSSR count). The molecule has 3 atom stereocenters. The van der Waals surface area contributed by atoms with Crippen LogP contribution in [0.3, 0.4) is 0 Å². The molecule has 44 heavy (non-hydrogen) atoms. The van der Waals surface area contributed by atoms with E-state index in [0.717, 1.165) is 16.9 Å². The zero-order chi connectivity index (χ0) is 30.5. The van der Waals surface area contributed by atoms with Gasteiger partial charge in [0.25, 0.3) is 0 Å². The molecule has 224 valence electrons. The van der Waals surface area contributed by atoms with E-state index >= 15 is 0 Å². The molecule has 1 amide bonds. The Morgan fingerprint density at radius 1 is 1.14 bits per heavy atom. The lowest BCUT2D eigenvalue weighted by Gasteiger charge is -2.31. The first-order chi connectivity index (χ1) is 21.3. The Kier molecular flexibility index (Phi) is 6.89. The number of pyridine rings is 1. The average Bonchev–Trinajstić information content (AvgIpc) is 3.71. The third kappa shape index (κ3) is 4.69. The number of anilines is 2. The van der Waals surface area contributed by atoms with Crippen molar-refractivity contribution >= 4 is 34.1 Å². The van der Waals surface area contributed by atoms with Crippen LogP contribution in [0.5, 0.6) is 0 Å². The lowest BCUT2D eigenvalue weighted by Crippen LogP contribution is -2.47. The molecular formula is C32H32FN9O2. The average molecular weight is 594 g/mol. The number of aromatic nitrogens is 6. The predicted octanol–water partition coefficient (Wildman–Crippen LogP) is 3.51. The minimum Gasteiger partial charge on any atom is -0.378 e. The molecule has 1 saturated heterocycles. The third-order valence-electron chi connectivity index (χ3n) is 8.48. The van der Waals surface area contributed by atoms with Gasteiger partial charge in [0, 0.05) is 57.3 Å². The number of imidazole rings is 2. The molecule has 0 saturated carbocycles. The number of benzene rings is 1. The van der Waals surface area contributed by atoms with E-state index in [1.807, 2.05) is 45.2 Å². The van der Waals surface area contributed by atoms with Crippen LogP contribution in [0.1, 0.15) is 25.0 Å². The van der Waals surface area contributed by atoms with Crippen LogP contribution in [0.2, 0.25) is 0 Å². The molecule has 0 unspecified atom stereocenters. The van der Waals surface area contributed by atoms with Gasteiger partial charge in [0.15, 0.2) is 11.6 Å². The third-order valence-corrected chi connectivity index (χ3v) is 8.48. The molecule has 0 spiro atoms. The maximum absolute atomic E-state index is 14.9. The Hall–Kier alpha value is -5.02. The van der Waals surface area contributed by atoms with E-state index in [9.17, 15) is 9.18 Å². The maximum Gasteiger partial charge on any atom is 0.245 e. The van der Waals surface area contributed by atoms with Crippen LogP contribution in [-0.4, -0.2) is 85.1 Å². The normalized spacial score (nSPS) is 20.3. The number of aryl methyl sites for hydroxylation is 1. The largest absolute Gasteiger partial charge is 0.378 e. The molecule has 0 aliphatic carbocycles. The number of methoxy groups -OCH3 is 1. The minimum absolute atomic E-state index is 0.0419. The van der Waals surface area contributed by atoms with Gasteiger partial charge in [0.05, 0.1) is 35.6 Å². The smallest absolute Gasteiger partial charge is 0.245 e. The summed E-state index contributed by atoms with van der Waals surface area (Å²) >= 11 is 0. The second-order valence-electron chi connectivity index (χ2n) is 11.3. The number of nitrogens with one attached hydrogen (secondary N) is 1. The maximum atomic E-state index is 14.9. The summed E-state index contributed by atoms with van der Waals surface area (Å²) < 4.78 is 24.7. The lowest BCUT2D eigenvalue weighted by molar-refractivity contribution is -0.132. The number of carbonyl (C=O) groups excluding carboxylic acids is 1. The molecule has 1 N–H and O–H groups in total. The van der Waals surface area contributed by atoms with Gasteiger partial charge in [-0.05, 0) is 44.4 Å². The highest BCUT2D eigenvalue weighted by Crippen LogP contribution is 2.33. The highest BCUT2D eigenvalue weighted by atomic mass is 19.1. The molecule has 12 heteroatoms. The first-order valence-electron chi connectivity index (χ1n) is 14.5. The highest BCUT2D eigenvalue weighted by Gasteiger charge is 2.40. The van der Waals surface area contributed by atoms with Crippen LogP contribution < -0.4 is 10.2 Å². The number of amides is 1. The molecular weight excluding hydrogens is 561 g/mol. The Morgan fingerprint density at radius 2 is 2.00 bits per heavy atom. The van der Waals surface area contributed by atoms with Gasteiger partial charge in [-0.15, -0.1) is 0 Å². The summed E-state index contributed by atoms with van der Waals surface area (Å²) in [4.78, 5) is 36.8. The van der Waals surface area contributed by atoms with Crippen molar-refractivity contribution in [3.05, 3.63) is 66.4 Å². The molecule has 11 nitrogen and oxygen atoms in total. The van der Waals surface area contributed by atoms with E-state index in [-0.39, 0.29) is 23.9 Å². The predicted molar refractivity (Wildman–Crippen MR) is 165 cm³/mol. The Labute approximate surface area is 253 Å². The van der Waals surface area contributed by atoms with Crippen molar-refractivity contribution in [2.24, 2.45) is 0 Å².